The predicted molar refractivity (Wildman–Crippen MR) is 167 cm³/mol. The zero-order valence-corrected chi connectivity index (χ0v) is 25.8. The van der Waals surface area contributed by atoms with Gasteiger partial charge in [-0.25, -0.2) is 0 Å². The fourth-order valence-electron chi connectivity index (χ4n) is 5.59. The molecule has 4 N–H and O–H groups in total. The van der Waals surface area contributed by atoms with E-state index >= 15 is 0 Å². The van der Waals surface area contributed by atoms with Crippen LogP contribution in [0.5, 0.6) is 0 Å². The van der Waals surface area contributed by atoms with Crippen LogP contribution in [0.15, 0.2) is 54.4 Å². The number of primary amides is 1. The number of benzene rings is 1. The average molecular weight is 611 g/mol. The van der Waals surface area contributed by atoms with Crippen LogP contribution in [0.25, 0.3) is 10.1 Å². The Bertz CT molecular complexity index is 1440. The topological polar surface area (TPSA) is 137 Å². The molecule has 224 valence electrons. The molecule has 3 amide bonds. The van der Waals surface area contributed by atoms with E-state index in [4.69, 9.17) is 15.5 Å². The molecule has 9 nitrogen and oxygen atoms in total. The zero-order valence-electron chi connectivity index (χ0n) is 24.1. The van der Waals surface area contributed by atoms with Crippen LogP contribution in [0, 0.1) is 6.92 Å². The number of thiophene rings is 1. The number of amides is 3. The number of hydrogen-bond donors (Lipinski definition) is 3. The van der Waals surface area contributed by atoms with Crippen molar-refractivity contribution in [2.24, 2.45) is 5.73 Å². The van der Waals surface area contributed by atoms with Crippen molar-refractivity contribution < 1.29 is 24.2 Å². The maximum Gasteiger partial charge on any atom is 0.258 e. The molecule has 3 aliphatic rings. The predicted octanol–water partition coefficient (Wildman–Crippen LogP) is 4.85. The zero-order chi connectivity index (χ0) is 30.2. The van der Waals surface area contributed by atoms with Crippen LogP contribution in [0.1, 0.15) is 71.3 Å². The molecule has 42 heavy (non-hydrogen) atoms. The SMILES string of the molecule is C/C1=C/CCC(=O)N2CCCC2C1.Cc1ccncc1C1CN(C=O)C1.NC(=O)c1cc2cc(CP(O)O)ccc2s1. The Hall–Kier alpha value is -3.17. The lowest BCUT2D eigenvalue weighted by molar-refractivity contribution is -0.132. The van der Waals surface area contributed by atoms with Gasteiger partial charge in [-0.2, -0.15) is 0 Å². The summed E-state index contributed by atoms with van der Waals surface area (Å²) in [5.41, 5.74) is 10.0. The van der Waals surface area contributed by atoms with Crippen molar-refractivity contribution in [2.45, 2.75) is 64.1 Å². The van der Waals surface area contributed by atoms with Crippen molar-refractivity contribution >= 4 is 48.0 Å². The smallest absolute Gasteiger partial charge is 0.258 e. The number of hydrogen-bond acceptors (Lipinski definition) is 7. The number of allylic oxidation sites excluding steroid dienone is 1. The number of nitrogens with two attached hydrogens (primary N) is 1. The second-order valence-corrected chi connectivity index (χ2v) is 13.2. The summed E-state index contributed by atoms with van der Waals surface area (Å²) in [7, 11) is -1.93. The van der Waals surface area contributed by atoms with Crippen LogP contribution < -0.4 is 5.73 Å². The minimum absolute atomic E-state index is 0.243. The lowest BCUT2D eigenvalue weighted by Crippen LogP contribution is -2.44. The van der Waals surface area contributed by atoms with Crippen LogP contribution >= 0.6 is 19.7 Å². The summed E-state index contributed by atoms with van der Waals surface area (Å²) >= 11 is 1.34. The van der Waals surface area contributed by atoms with Crippen LogP contribution in [0.4, 0.5) is 0 Å². The van der Waals surface area contributed by atoms with Gasteiger partial charge in [-0.1, -0.05) is 17.7 Å². The third-order valence-corrected chi connectivity index (χ3v) is 9.61. The van der Waals surface area contributed by atoms with Gasteiger partial charge in [-0.15, -0.1) is 11.3 Å². The number of fused-ring (bicyclic) bond motifs is 2. The summed E-state index contributed by atoms with van der Waals surface area (Å²) in [5, 5.41) is 0.910. The van der Waals surface area contributed by atoms with Gasteiger partial charge in [0.1, 0.15) is 0 Å². The number of carbonyl (C=O) groups excluding carboxylic acids is 3. The minimum atomic E-state index is -1.93. The molecule has 11 heteroatoms. The van der Waals surface area contributed by atoms with Crippen molar-refractivity contribution in [1.29, 1.82) is 0 Å². The first-order chi connectivity index (χ1) is 20.1. The summed E-state index contributed by atoms with van der Waals surface area (Å²) in [6.45, 7) is 6.95. The van der Waals surface area contributed by atoms with Gasteiger partial charge in [0, 0.05) is 61.3 Å². The summed E-state index contributed by atoms with van der Waals surface area (Å²) in [6.07, 6.45) is 12.2. The molecule has 2 saturated heterocycles. The van der Waals surface area contributed by atoms with Gasteiger partial charge in [0.2, 0.25) is 12.3 Å². The number of aromatic nitrogens is 1. The van der Waals surface area contributed by atoms with E-state index in [0.29, 0.717) is 29.2 Å². The molecular formula is C31H39N4O5PS. The first kappa shape index (κ1) is 31.8. The van der Waals surface area contributed by atoms with E-state index in [-0.39, 0.29) is 6.16 Å². The average Bonchev–Trinajstić information content (AvgIpc) is 3.55. The third kappa shape index (κ3) is 8.44. The molecule has 1 atom stereocenters. The van der Waals surface area contributed by atoms with Gasteiger partial charge < -0.3 is 25.3 Å². The summed E-state index contributed by atoms with van der Waals surface area (Å²) in [6, 6.07) is 9.79. The number of carbonyl (C=O) groups is 3. The fourth-order valence-corrected chi connectivity index (χ4v) is 7.01. The standard InChI is InChI=1S/C11H17NO.C10H12N2O.C10H10NO3PS/c1-9-4-2-6-11(13)12-7-3-5-10(12)8-9;1-8-2-3-11-4-10(8)9-5-12(6-9)7-13;11-10(12)9-4-7-3-6(5-15(13)14)1-2-8(7)16-9/h4,10H,2-3,5-8H2,1H3;2-4,7,9H,5-6H2,1H3;1-4,13-14H,5H2,(H2,11,12)/b9-4-;;. The molecule has 6 rings (SSSR count). The van der Waals surface area contributed by atoms with Crippen molar-refractivity contribution in [3.63, 3.8) is 0 Å². The first-order valence-electron chi connectivity index (χ1n) is 14.2. The molecule has 1 unspecified atom stereocenters. The van der Waals surface area contributed by atoms with Gasteiger partial charge in [-0.3, -0.25) is 19.4 Å². The highest BCUT2D eigenvalue weighted by Crippen LogP contribution is 2.33. The van der Waals surface area contributed by atoms with Gasteiger partial charge in [0.25, 0.3) is 5.91 Å². The Labute approximate surface area is 252 Å². The van der Waals surface area contributed by atoms with E-state index in [2.05, 4.69) is 29.8 Å². The molecule has 2 fully saturated rings. The summed E-state index contributed by atoms with van der Waals surface area (Å²) in [4.78, 5) is 59.3. The molecule has 0 bridgehead atoms. The van der Waals surface area contributed by atoms with E-state index in [1.807, 2.05) is 30.5 Å². The molecule has 5 heterocycles. The molecular weight excluding hydrogens is 571 g/mol. The molecule has 2 aromatic heterocycles. The molecule has 3 aromatic rings. The van der Waals surface area contributed by atoms with E-state index in [1.54, 1.807) is 17.2 Å². The molecule has 1 aromatic carbocycles. The van der Waals surface area contributed by atoms with Gasteiger partial charge >= 0.3 is 0 Å². The van der Waals surface area contributed by atoms with E-state index in [1.165, 1.54) is 40.9 Å². The van der Waals surface area contributed by atoms with Crippen molar-refractivity contribution in [3.05, 3.63) is 75.9 Å². The Morgan fingerprint density at radius 2 is 2.00 bits per heavy atom. The second-order valence-electron chi connectivity index (χ2n) is 11.0. The third-order valence-electron chi connectivity index (χ3n) is 7.83. The highest BCUT2D eigenvalue weighted by atomic mass is 32.1. The highest BCUT2D eigenvalue weighted by Gasteiger charge is 2.29. The lowest BCUT2D eigenvalue weighted by Gasteiger charge is -2.37. The quantitative estimate of drug-likeness (QED) is 0.215. The Balaban J connectivity index is 0.000000146. The van der Waals surface area contributed by atoms with E-state index in [9.17, 15) is 14.4 Å². The van der Waals surface area contributed by atoms with Gasteiger partial charge in [0.05, 0.1) is 4.88 Å². The van der Waals surface area contributed by atoms with Crippen LogP contribution in [-0.2, 0) is 15.8 Å². The maximum atomic E-state index is 11.7. The summed E-state index contributed by atoms with van der Waals surface area (Å²) < 4.78 is 0.970. The van der Waals surface area contributed by atoms with Crippen LogP contribution in [0.2, 0.25) is 0 Å². The highest BCUT2D eigenvalue weighted by molar-refractivity contribution is 7.44. The van der Waals surface area contributed by atoms with E-state index < -0.39 is 14.3 Å². The molecule has 0 saturated carbocycles. The number of pyridine rings is 1. The number of likely N-dealkylation sites (tertiary alicyclic amines) is 1. The van der Waals surface area contributed by atoms with Crippen LogP contribution in [-0.4, -0.2) is 68.5 Å². The Morgan fingerprint density at radius 1 is 1.21 bits per heavy atom. The number of aryl methyl sites for hydroxylation is 1. The first-order valence-corrected chi connectivity index (χ1v) is 16.4. The van der Waals surface area contributed by atoms with Gasteiger partial charge in [-0.05, 0) is 85.9 Å². The van der Waals surface area contributed by atoms with E-state index in [0.717, 1.165) is 54.5 Å². The minimum Gasteiger partial charge on any atom is -0.365 e. The maximum absolute atomic E-state index is 11.7. The van der Waals surface area contributed by atoms with Crippen molar-refractivity contribution in [1.82, 2.24) is 14.8 Å². The Morgan fingerprint density at radius 3 is 2.69 bits per heavy atom. The van der Waals surface area contributed by atoms with Gasteiger partial charge in [0.15, 0.2) is 8.38 Å². The largest absolute Gasteiger partial charge is 0.365 e. The number of nitrogens with zero attached hydrogens (tertiary/aromatic N) is 3. The van der Waals surface area contributed by atoms with Crippen LogP contribution in [0.3, 0.4) is 0 Å². The Kier molecular flexibility index (Phi) is 11.2. The molecule has 3 aliphatic heterocycles. The van der Waals surface area contributed by atoms with Crippen molar-refractivity contribution in [3.8, 4) is 0 Å². The normalized spacial score (nSPS) is 19.8. The fraction of sp³-hybridized carbons (Fsp3) is 0.419. The second kappa shape index (κ2) is 14.8. The lowest BCUT2D eigenvalue weighted by atomic mass is 9.90. The molecule has 0 radical (unpaired) electrons. The molecule has 0 spiro atoms. The molecule has 0 aliphatic carbocycles. The van der Waals surface area contributed by atoms with Crippen molar-refractivity contribution in [2.75, 3.05) is 19.6 Å². The number of rotatable bonds is 5. The monoisotopic (exact) mass is 610 g/mol. The summed E-state index contributed by atoms with van der Waals surface area (Å²) in [5.74, 6) is 0.430.